The molecule has 0 aliphatic carbocycles. The number of nitrogen functional groups attached to an aromatic ring is 1. The molecule has 0 saturated heterocycles. The van der Waals surface area contributed by atoms with Crippen molar-refractivity contribution in [1.82, 2.24) is 0 Å². The van der Waals surface area contributed by atoms with E-state index in [4.69, 9.17) is 5.73 Å². The summed E-state index contributed by atoms with van der Waals surface area (Å²) in [6, 6.07) is 2.99. The van der Waals surface area contributed by atoms with E-state index in [1.54, 1.807) is 13.8 Å². The summed E-state index contributed by atoms with van der Waals surface area (Å²) in [5.74, 6) is 0.191. The Kier molecular flexibility index (Phi) is 3.12. The smallest absolute Gasteiger partial charge is 0.422 e. The number of aryl methyl sites for hydroxylation is 2. The number of rotatable bonds is 2. The summed E-state index contributed by atoms with van der Waals surface area (Å²) in [6.07, 6.45) is -4.32. The summed E-state index contributed by atoms with van der Waals surface area (Å²) in [6.45, 7) is 2.17. The Bertz CT molecular complexity index is 337. The zero-order chi connectivity index (χ0) is 11.6. The van der Waals surface area contributed by atoms with Crippen LogP contribution in [0.25, 0.3) is 0 Å². The molecule has 1 rings (SSSR count). The Morgan fingerprint density at radius 1 is 1.20 bits per heavy atom. The van der Waals surface area contributed by atoms with Gasteiger partial charge in [0.25, 0.3) is 0 Å². The summed E-state index contributed by atoms with van der Waals surface area (Å²) < 4.78 is 40.2. The number of halogens is 3. The second kappa shape index (κ2) is 4.00. The predicted molar refractivity (Wildman–Crippen MR) is 51.9 cm³/mol. The van der Waals surface area contributed by atoms with Crippen molar-refractivity contribution in [1.29, 1.82) is 0 Å². The van der Waals surface area contributed by atoms with Crippen LogP contribution in [0.4, 0.5) is 18.9 Å². The fraction of sp³-hybridized carbons (Fsp3) is 0.400. The van der Waals surface area contributed by atoms with Gasteiger partial charge in [0.15, 0.2) is 6.61 Å². The van der Waals surface area contributed by atoms with Gasteiger partial charge in [-0.25, -0.2) is 0 Å². The number of hydrogen-bond acceptors (Lipinski definition) is 2. The molecule has 0 atom stereocenters. The van der Waals surface area contributed by atoms with Gasteiger partial charge in [0.2, 0.25) is 0 Å². The van der Waals surface area contributed by atoms with Crippen LogP contribution < -0.4 is 10.5 Å². The number of ether oxygens (including phenoxy) is 1. The van der Waals surface area contributed by atoms with Crippen molar-refractivity contribution < 1.29 is 17.9 Å². The van der Waals surface area contributed by atoms with E-state index in [0.717, 1.165) is 0 Å². The molecule has 0 saturated carbocycles. The lowest BCUT2D eigenvalue weighted by molar-refractivity contribution is -0.153. The normalized spacial score (nSPS) is 11.5. The first kappa shape index (κ1) is 11.7. The number of alkyl halides is 3. The molecule has 84 valence electrons. The highest BCUT2D eigenvalue weighted by Gasteiger charge is 2.28. The van der Waals surface area contributed by atoms with Gasteiger partial charge in [0.1, 0.15) is 5.75 Å². The molecule has 5 heteroatoms. The Balaban J connectivity index is 2.80. The third kappa shape index (κ3) is 3.34. The van der Waals surface area contributed by atoms with E-state index in [9.17, 15) is 13.2 Å². The molecular weight excluding hydrogens is 207 g/mol. The summed E-state index contributed by atoms with van der Waals surface area (Å²) in [4.78, 5) is 0. The number of nitrogens with two attached hydrogens (primary N) is 1. The van der Waals surface area contributed by atoms with Gasteiger partial charge in [0.05, 0.1) is 0 Å². The fourth-order valence-corrected chi connectivity index (χ4v) is 1.18. The topological polar surface area (TPSA) is 35.2 Å². The van der Waals surface area contributed by atoms with Gasteiger partial charge in [-0.1, -0.05) is 0 Å². The number of anilines is 1. The van der Waals surface area contributed by atoms with Crippen molar-refractivity contribution in [3.63, 3.8) is 0 Å². The lowest BCUT2D eigenvalue weighted by Gasteiger charge is -2.12. The van der Waals surface area contributed by atoms with Crippen molar-refractivity contribution in [3.8, 4) is 5.75 Å². The zero-order valence-electron chi connectivity index (χ0n) is 8.48. The van der Waals surface area contributed by atoms with Crippen LogP contribution in [-0.2, 0) is 0 Å². The van der Waals surface area contributed by atoms with Gasteiger partial charge < -0.3 is 10.5 Å². The van der Waals surface area contributed by atoms with Crippen LogP contribution in [0.5, 0.6) is 5.75 Å². The van der Waals surface area contributed by atoms with E-state index in [-0.39, 0.29) is 5.75 Å². The van der Waals surface area contributed by atoms with Crippen LogP contribution in [0.15, 0.2) is 12.1 Å². The van der Waals surface area contributed by atoms with E-state index in [0.29, 0.717) is 16.8 Å². The maximum absolute atomic E-state index is 11.9. The second-order valence-electron chi connectivity index (χ2n) is 3.37. The van der Waals surface area contributed by atoms with E-state index in [1.807, 2.05) is 0 Å². The van der Waals surface area contributed by atoms with Gasteiger partial charge in [-0.15, -0.1) is 0 Å². The highest BCUT2D eigenvalue weighted by molar-refractivity contribution is 5.56. The van der Waals surface area contributed by atoms with Crippen LogP contribution in [0.3, 0.4) is 0 Å². The van der Waals surface area contributed by atoms with Gasteiger partial charge in [-0.3, -0.25) is 0 Å². The largest absolute Gasteiger partial charge is 0.484 e. The van der Waals surface area contributed by atoms with Crippen molar-refractivity contribution in [2.75, 3.05) is 12.3 Å². The van der Waals surface area contributed by atoms with Crippen LogP contribution in [-0.4, -0.2) is 12.8 Å². The highest BCUT2D eigenvalue weighted by atomic mass is 19.4. The SMILES string of the molecule is Cc1cc(OCC(F)(F)F)cc(C)c1N. The molecule has 2 nitrogen and oxygen atoms in total. The Hall–Kier alpha value is -1.39. The predicted octanol–water partition coefficient (Wildman–Crippen LogP) is 2.83. The average Bonchev–Trinajstić information content (AvgIpc) is 2.09. The molecule has 1 aromatic carbocycles. The van der Waals surface area contributed by atoms with Crippen LogP contribution in [0, 0.1) is 13.8 Å². The molecule has 0 fully saturated rings. The molecule has 2 N–H and O–H groups in total. The first-order valence-corrected chi connectivity index (χ1v) is 4.36. The number of benzene rings is 1. The molecule has 0 aromatic heterocycles. The quantitative estimate of drug-likeness (QED) is 0.776. The standard InChI is InChI=1S/C10H12F3NO/c1-6-3-8(4-7(2)9(6)14)15-5-10(11,12)13/h3-4H,5,14H2,1-2H3. The monoisotopic (exact) mass is 219 g/mol. The number of hydrogen-bond donors (Lipinski definition) is 1. The fourth-order valence-electron chi connectivity index (χ4n) is 1.18. The van der Waals surface area contributed by atoms with Gasteiger partial charge in [-0.05, 0) is 37.1 Å². The lowest BCUT2D eigenvalue weighted by atomic mass is 10.1. The van der Waals surface area contributed by atoms with Crippen molar-refractivity contribution in [2.45, 2.75) is 20.0 Å². The Morgan fingerprint density at radius 2 is 1.67 bits per heavy atom. The third-order valence-electron chi connectivity index (χ3n) is 1.97. The summed E-state index contributed by atoms with van der Waals surface area (Å²) in [5, 5.41) is 0. The molecule has 0 amide bonds. The lowest BCUT2D eigenvalue weighted by Crippen LogP contribution is -2.19. The minimum atomic E-state index is -4.32. The molecule has 0 spiro atoms. The minimum absolute atomic E-state index is 0.191. The van der Waals surface area contributed by atoms with Crippen LogP contribution in [0.2, 0.25) is 0 Å². The minimum Gasteiger partial charge on any atom is -0.484 e. The molecule has 0 bridgehead atoms. The zero-order valence-corrected chi connectivity index (χ0v) is 8.48. The van der Waals surface area contributed by atoms with Gasteiger partial charge >= 0.3 is 6.18 Å². The molecule has 0 aliphatic rings. The summed E-state index contributed by atoms with van der Waals surface area (Å²) >= 11 is 0. The van der Waals surface area contributed by atoms with Gasteiger partial charge in [0, 0.05) is 5.69 Å². The van der Waals surface area contributed by atoms with E-state index >= 15 is 0 Å². The highest BCUT2D eigenvalue weighted by Crippen LogP contribution is 2.25. The maximum Gasteiger partial charge on any atom is 0.422 e. The first-order chi connectivity index (χ1) is 6.79. The molecule has 1 aromatic rings. The van der Waals surface area contributed by atoms with E-state index < -0.39 is 12.8 Å². The molecular formula is C10H12F3NO. The van der Waals surface area contributed by atoms with Crippen molar-refractivity contribution in [2.24, 2.45) is 0 Å². The Labute approximate surface area is 85.8 Å². The van der Waals surface area contributed by atoms with Gasteiger partial charge in [-0.2, -0.15) is 13.2 Å². The van der Waals surface area contributed by atoms with Crippen LogP contribution >= 0.6 is 0 Å². The van der Waals surface area contributed by atoms with E-state index in [1.165, 1.54) is 12.1 Å². The molecule has 0 radical (unpaired) electrons. The first-order valence-electron chi connectivity index (χ1n) is 4.36. The molecule has 15 heavy (non-hydrogen) atoms. The second-order valence-corrected chi connectivity index (χ2v) is 3.37. The van der Waals surface area contributed by atoms with Crippen LogP contribution in [0.1, 0.15) is 11.1 Å². The Morgan fingerprint density at radius 3 is 2.07 bits per heavy atom. The molecule has 0 aliphatic heterocycles. The van der Waals surface area contributed by atoms with Crippen molar-refractivity contribution >= 4 is 5.69 Å². The summed E-state index contributed by atoms with van der Waals surface area (Å²) in [7, 11) is 0. The van der Waals surface area contributed by atoms with Crippen molar-refractivity contribution in [3.05, 3.63) is 23.3 Å². The van der Waals surface area contributed by atoms with E-state index in [2.05, 4.69) is 4.74 Å². The average molecular weight is 219 g/mol. The molecule has 0 heterocycles. The molecule has 0 unspecified atom stereocenters. The summed E-state index contributed by atoms with van der Waals surface area (Å²) in [5.41, 5.74) is 7.66. The third-order valence-corrected chi connectivity index (χ3v) is 1.97. The maximum atomic E-state index is 11.9.